The molecular weight excluding hydrogens is 292 g/mol. The molecule has 2 aromatic rings. The minimum atomic E-state index is 0.0392. The Labute approximate surface area is 135 Å². The van der Waals surface area contributed by atoms with Gasteiger partial charge in [0.15, 0.2) is 6.23 Å². The van der Waals surface area contributed by atoms with Crippen molar-refractivity contribution >= 4 is 17.0 Å². The number of hydrogen-bond acceptors (Lipinski definition) is 4. The summed E-state index contributed by atoms with van der Waals surface area (Å²) in [6.07, 6.45) is 2.00. The fraction of sp³-hybridized carbons (Fsp3) is 0.389. The summed E-state index contributed by atoms with van der Waals surface area (Å²) in [5.74, 6) is 1.61. The number of ether oxygens (including phenoxy) is 1. The molecule has 0 spiro atoms. The van der Waals surface area contributed by atoms with Crippen LogP contribution >= 0.6 is 11.3 Å². The molecule has 0 aliphatic carbocycles. The summed E-state index contributed by atoms with van der Waals surface area (Å²) in [6, 6.07) is 13.0. The van der Waals surface area contributed by atoms with Gasteiger partial charge in [0.2, 0.25) is 0 Å². The van der Waals surface area contributed by atoms with E-state index >= 15 is 0 Å². The molecule has 0 bridgehead atoms. The van der Waals surface area contributed by atoms with Gasteiger partial charge in [0, 0.05) is 18.4 Å². The first-order valence-electron chi connectivity index (χ1n) is 7.87. The standard InChI is InChI=1S/C18H20N2OS/c1-12(2)10-18-20-15(13-6-3-4-7-16(13)21-18)11-14(19-20)17-8-5-9-22-17/h3-9,12,15,18H,10-11H2,1-2H3/t15-,18-/m1/s1. The third kappa shape index (κ3) is 2.31. The van der Waals surface area contributed by atoms with Crippen molar-refractivity contribution in [1.82, 2.24) is 5.01 Å². The fourth-order valence-corrected chi connectivity index (χ4v) is 3.98. The number of benzene rings is 1. The van der Waals surface area contributed by atoms with Gasteiger partial charge in [-0.15, -0.1) is 11.3 Å². The van der Waals surface area contributed by atoms with Gasteiger partial charge in [-0.25, -0.2) is 0 Å². The van der Waals surface area contributed by atoms with Crippen molar-refractivity contribution in [2.45, 2.75) is 39.0 Å². The van der Waals surface area contributed by atoms with Crippen molar-refractivity contribution in [2.75, 3.05) is 0 Å². The van der Waals surface area contributed by atoms with Gasteiger partial charge in [0.25, 0.3) is 0 Å². The van der Waals surface area contributed by atoms with E-state index in [2.05, 4.69) is 60.6 Å². The zero-order chi connectivity index (χ0) is 15.1. The molecule has 2 aliphatic heterocycles. The maximum absolute atomic E-state index is 6.24. The van der Waals surface area contributed by atoms with Crippen LogP contribution in [0.5, 0.6) is 5.75 Å². The number of para-hydroxylation sites is 1. The van der Waals surface area contributed by atoms with Crippen molar-refractivity contribution in [3.05, 3.63) is 52.2 Å². The lowest BCUT2D eigenvalue weighted by Crippen LogP contribution is -2.41. The highest BCUT2D eigenvalue weighted by Gasteiger charge is 2.40. The van der Waals surface area contributed by atoms with E-state index in [1.165, 1.54) is 16.2 Å². The Morgan fingerprint density at radius 3 is 2.91 bits per heavy atom. The summed E-state index contributed by atoms with van der Waals surface area (Å²) in [5, 5.41) is 9.23. The van der Waals surface area contributed by atoms with E-state index in [1.807, 2.05) is 0 Å². The molecule has 0 unspecified atom stereocenters. The summed E-state index contributed by atoms with van der Waals surface area (Å²) in [5.41, 5.74) is 2.45. The molecule has 114 valence electrons. The highest BCUT2D eigenvalue weighted by molar-refractivity contribution is 7.12. The minimum absolute atomic E-state index is 0.0392. The van der Waals surface area contributed by atoms with Gasteiger partial charge in [0.1, 0.15) is 5.75 Å². The molecule has 0 fully saturated rings. The normalized spacial score (nSPS) is 23.0. The first-order valence-corrected chi connectivity index (χ1v) is 8.75. The maximum Gasteiger partial charge on any atom is 0.188 e. The number of rotatable bonds is 3. The van der Waals surface area contributed by atoms with E-state index in [4.69, 9.17) is 9.84 Å². The van der Waals surface area contributed by atoms with Crippen LogP contribution < -0.4 is 4.74 Å². The van der Waals surface area contributed by atoms with Crippen LogP contribution in [0.4, 0.5) is 0 Å². The van der Waals surface area contributed by atoms with Gasteiger partial charge in [0.05, 0.1) is 16.6 Å². The predicted molar refractivity (Wildman–Crippen MR) is 90.4 cm³/mol. The molecule has 0 amide bonds. The van der Waals surface area contributed by atoms with Gasteiger partial charge in [-0.05, 0) is 23.4 Å². The van der Waals surface area contributed by atoms with E-state index < -0.39 is 0 Å². The molecule has 4 heteroatoms. The Morgan fingerprint density at radius 2 is 2.14 bits per heavy atom. The van der Waals surface area contributed by atoms with Crippen molar-refractivity contribution in [3.8, 4) is 5.75 Å². The van der Waals surface area contributed by atoms with Crippen LogP contribution in [0.2, 0.25) is 0 Å². The van der Waals surface area contributed by atoms with Crippen molar-refractivity contribution < 1.29 is 4.74 Å². The number of hydrogen-bond donors (Lipinski definition) is 0. The molecule has 4 rings (SSSR count). The summed E-state index contributed by atoms with van der Waals surface area (Å²) < 4.78 is 6.24. The minimum Gasteiger partial charge on any atom is -0.469 e. The van der Waals surface area contributed by atoms with Crippen LogP contribution in [0.1, 0.15) is 43.2 Å². The van der Waals surface area contributed by atoms with Gasteiger partial charge < -0.3 is 4.74 Å². The Morgan fingerprint density at radius 1 is 1.27 bits per heavy atom. The Bertz CT molecular complexity index is 693. The molecular formula is C18H20N2OS. The quantitative estimate of drug-likeness (QED) is 0.823. The molecule has 3 heterocycles. The Hall–Kier alpha value is -1.81. The zero-order valence-electron chi connectivity index (χ0n) is 12.9. The fourth-order valence-electron chi connectivity index (χ4n) is 3.26. The average Bonchev–Trinajstić information content (AvgIpc) is 3.16. The van der Waals surface area contributed by atoms with E-state index in [9.17, 15) is 0 Å². The molecule has 3 nitrogen and oxygen atoms in total. The molecule has 0 saturated heterocycles. The number of hydrazone groups is 1. The van der Waals surface area contributed by atoms with Crippen molar-refractivity contribution in [1.29, 1.82) is 0 Å². The summed E-state index contributed by atoms with van der Waals surface area (Å²) in [7, 11) is 0. The van der Waals surface area contributed by atoms with Crippen LogP contribution in [0.15, 0.2) is 46.9 Å². The summed E-state index contributed by atoms with van der Waals surface area (Å²) in [6.45, 7) is 4.47. The van der Waals surface area contributed by atoms with Crippen LogP contribution in [-0.2, 0) is 0 Å². The third-order valence-electron chi connectivity index (χ3n) is 4.26. The van der Waals surface area contributed by atoms with Crippen LogP contribution in [0.25, 0.3) is 0 Å². The van der Waals surface area contributed by atoms with E-state index in [0.29, 0.717) is 12.0 Å². The molecule has 2 atom stereocenters. The second kappa shape index (κ2) is 5.43. The monoisotopic (exact) mass is 312 g/mol. The largest absolute Gasteiger partial charge is 0.469 e. The molecule has 1 aromatic heterocycles. The number of nitrogens with zero attached hydrogens (tertiary/aromatic N) is 2. The van der Waals surface area contributed by atoms with E-state index in [1.54, 1.807) is 11.3 Å². The predicted octanol–water partition coefficient (Wildman–Crippen LogP) is 4.66. The highest BCUT2D eigenvalue weighted by atomic mass is 32.1. The van der Waals surface area contributed by atoms with Gasteiger partial charge in [-0.1, -0.05) is 38.1 Å². The SMILES string of the molecule is CC(C)C[C@H]1Oc2ccccc2[C@H]2CC(c3cccs3)=NN21. The lowest BCUT2D eigenvalue weighted by Gasteiger charge is -2.38. The maximum atomic E-state index is 6.24. The summed E-state index contributed by atoms with van der Waals surface area (Å²) >= 11 is 1.76. The molecule has 0 saturated carbocycles. The van der Waals surface area contributed by atoms with Gasteiger partial charge in [-0.3, -0.25) is 5.01 Å². The van der Waals surface area contributed by atoms with Crippen LogP contribution in [-0.4, -0.2) is 16.9 Å². The van der Waals surface area contributed by atoms with E-state index in [0.717, 1.165) is 18.6 Å². The second-order valence-corrected chi connectivity index (χ2v) is 7.31. The van der Waals surface area contributed by atoms with Crippen molar-refractivity contribution in [3.63, 3.8) is 0 Å². The lowest BCUT2D eigenvalue weighted by molar-refractivity contribution is -0.0291. The van der Waals surface area contributed by atoms with Crippen molar-refractivity contribution in [2.24, 2.45) is 11.0 Å². The van der Waals surface area contributed by atoms with E-state index in [-0.39, 0.29) is 6.23 Å². The smallest absolute Gasteiger partial charge is 0.188 e. The second-order valence-electron chi connectivity index (χ2n) is 6.36. The van der Waals surface area contributed by atoms with Crippen LogP contribution in [0.3, 0.4) is 0 Å². The number of thiophene rings is 1. The Kier molecular flexibility index (Phi) is 3.41. The van der Waals surface area contributed by atoms with Gasteiger partial charge in [-0.2, -0.15) is 5.10 Å². The summed E-state index contributed by atoms with van der Waals surface area (Å²) in [4.78, 5) is 1.27. The zero-order valence-corrected chi connectivity index (χ0v) is 13.7. The average molecular weight is 312 g/mol. The third-order valence-corrected chi connectivity index (χ3v) is 5.18. The number of fused-ring (bicyclic) bond motifs is 3. The topological polar surface area (TPSA) is 24.8 Å². The first kappa shape index (κ1) is 13.8. The van der Waals surface area contributed by atoms with Gasteiger partial charge >= 0.3 is 0 Å². The molecule has 0 N–H and O–H groups in total. The lowest BCUT2D eigenvalue weighted by atomic mass is 9.97. The molecule has 1 aromatic carbocycles. The Balaban J connectivity index is 1.72. The molecule has 22 heavy (non-hydrogen) atoms. The van der Waals surface area contributed by atoms with Crippen LogP contribution in [0, 0.1) is 5.92 Å². The highest BCUT2D eigenvalue weighted by Crippen LogP contribution is 2.44. The first-order chi connectivity index (χ1) is 10.7. The molecule has 2 aliphatic rings. The molecule has 0 radical (unpaired) electrons.